The van der Waals surface area contributed by atoms with Gasteiger partial charge in [0.25, 0.3) is 0 Å². The molecular formula is C25H32N2O3S2. The summed E-state index contributed by atoms with van der Waals surface area (Å²) in [6.07, 6.45) is 13.0. The fraction of sp³-hybridized carbons (Fsp3) is 0.600. The van der Waals surface area contributed by atoms with E-state index in [0.717, 1.165) is 37.7 Å². The molecule has 3 saturated carbocycles. The monoisotopic (exact) mass is 472 g/mol. The third kappa shape index (κ3) is 4.26. The summed E-state index contributed by atoms with van der Waals surface area (Å²) in [4.78, 5) is 18.1. The average Bonchev–Trinajstić information content (AvgIpc) is 3.09. The number of carbonyl (C=O) groups is 1. The second kappa shape index (κ2) is 8.90. The Labute approximate surface area is 195 Å². The fourth-order valence-corrected chi connectivity index (χ4v) is 8.38. The van der Waals surface area contributed by atoms with Crippen LogP contribution in [0.2, 0.25) is 0 Å². The zero-order chi connectivity index (χ0) is 22.2. The molecule has 1 amide bonds. The molecule has 0 saturated heterocycles. The number of carbonyl (C=O) groups excluding carboxylic acids is 1. The summed E-state index contributed by atoms with van der Waals surface area (Å²) in [6.45, 7) is 0. The Bertz CT molecular complexity index is 1040. The average molecular weight is 473 g/mol. The zero-order valence-corrected chi connectivity index (χ0v) is 20.1. The normalized spacial score (nSPS) is 26.8. The lowest BCUT2D eigenvalue weighted by Crippen LogP contribution is -2.32. The Morgan fingerprint density at radius 2 is 1.72 bits per heavy atom. The smallest absolute Gasteiger partial charge is 0.237 e. The van der Waals surface area contributed by atoms with Crippen molar-refractivity contribution in [3.05, 3.63) is 41.4 Å². The van der Waals surface area contributed by atoms with E-state index in [-0.39, 0.29) is 17.6 Å². The first kappa shape index (κ1) is 22.1. The number of aromatic nitrogens is 1. The molecule has 1 aromatic carbocycles. The van der Waals surface area contributed by atoms with Crippen LogP contribution in [0.25, 0.3) is 0 Å². The van der Waals surface area contributed by atoms with Gasteiger partial charge in [0.15, 0.2) is 15.0 Å². The van der Waals surface area contributed by atoms with Gasteiger partial charge < -0.3 is 5.32 Å². The Balaban J connectivity index is 1.39. The number of nitrogens with zero attached hydrogens (tertiary/aromatic N) is 1. The van der Waals surface area contributed by atoms with E-state index in [4.69, 9.17) is 0 Å². The van der Waals surface area contributed by atoms with Crippen LogP contribution in [-0.2, 0) is 20.0 Å². The molecule has 2 atom stereocenters. The van der Waals surface area contributed by atoms with Gasteiger partial charge in [-0.1, -0.05) is 57.1 Å². The van der Waals surface area contributed by atoms with Crippen LogP contribution >= 0.6 is 11.3 Å². The lowest BCUT2D eigenvalue weighted by Gasteiger charge is -2.25. The molecule has 0 spiro atoms. The molecular weight excluding hydrogens is 440 g/mol. The number of hydrogen-bond acceptors (Lipinski definition) is 5. The minimum Gasteiger partial charge on any atom is -0.301 e. The molecule has 32 heavy (non-hydrogen) atoms. The molecule has 172 valence electrons. The second-order valence-corrected chi connectivity index (χ2v) is 12.9. The summed E-state index contributed by atoms with van der Waals surface area (Å²) in [5, 5.41) is 5.52. The molecule has 3 fully saturated rings. The number of anilines is 1. The number of nitrogens with one attached hydrogen (secondary N) is 1. The highest BCUT2D eigenvalue weighted by Crippen LogP contribution is 2.61. The van der Waals surface area contributed by atoms with Gasteiger partial charge in [-0.3, -0.25) is 4.79 Å². The van der Waals surface area contributed by atoms with E-state index in [1.165, 1.54) is 43.4 Å². The molecule has 7 heteroatoms. The van der Waals surface area contributed by atoms with Crippen LogP contribution in [0.1, 0.15) is 69.8 Å². The first-order valence-electron chi connectivity index (χ1n) is 12.0. The number of rotatable bonds is 7. The van der Waals surface area contributed by atoms with Gasteiger partial charge in [-0.05, 0) is 54.7 Å². The first-order valence-corrected chi connectivity index (χ1v) is 14.6. The minimum absolute atomic E-state index is 0.00425. The van der Waals surface area contributed by atoms with Crippen LogP contribution in [0.15, 0.2) is 40.7 Å². The van der Waals surface area contributed by atoms with Crippen molar-refractivity contribution < 1.29 is 13.2 Å². The van der Waals surface area contributed by atoms with E-state index < -0.39 is 15.3 Å². The van der Waals surface area contributed by atoms with Gasteiger partial charge in [-0.25, -0.2) is 13.4 Å². The van der Waals surface area contributed by atoms with Crippen LogP contribution in [0.3, 0.4) is 0 Å². The summed E-state index contributed by atoms with van der Waals surface area (Å²) in [5.41, 5.74) is 0.378. The molecule has 1 N–H and O–H groups in total. The Morgan fingerprint density at radius 1 is 1.03 bits per heavy atom. The highest BCUT2D eigenvalue weighted by molar-refractivity contribution is 7.91. The first-order chi connectivity index (χ1) is 15.5. The summed E-state index contributed by atoms with van der Waals surface area (Å²) in [5.74, 6) is 1.42. The Hall–Kier alpha value is -1.73. The number of hydrogen-bond donors (Lipinski definition) is 1. The number of thiazole rings is 1. The third-order valence-corrected chi connectivity index (χ3v) is 10.5. The van der Waals surface area contributed by atoms with Crippen molar-refractivity contribution >= 4 is 32.2 Å². The number of benzene rings is 1. The maximum absolute atomic E-state index is 13.5. The van der Waals surface area contributed by atoms with E-state index in [9.17, 15) is 13.2 Å². The standard InChI is InChI=1S/C25H32N2O3S2/c28-23(27-24-26-14-15-31-24)25(16-22(25)19-8-2-1-3-9-19)20-10-12-21(13-11-20)32(29,30)17-18-6-4-5-7-18/h10-15,18-19,22H,1-9,16-17H2,(H,26,27,28)/t22-,25-/m0/s1. The molecule has 0 aliphatic heterocycles. The molecule has 3 aliphatic carbocycles. The van der Waals surface area contributed by atoms with Crippen LogP contribution < -0.4 is 5.32 Å². The third-order valence-electron chi connectivity index (χ3n) is 7.95. The van der Waals surface area contributed by atoms with E-state index >= 15 is 0 Å². The fourth-order valence-electron chi connectivity index (χ4n) is 6.15. The second-order valence-electron chi connectivity index (χ2n) is 9.93. The van der Waals surface area contributed by atoms with Crippen molar-refractivity contribution in [2.24, 2.45) is 17.8 Å². The highest BCUT2D eigenvalue weighted by atomic mass is 32.2. The molecule has 5 rings (SSSR count). The Morgan fingerprint density at radius 3 is 2.38 bits per heavy atom. The summed E-state index contributed by atoms with van der Waals surface area (Å²) < 4.78 is 25.9. The van der Waals surface area contributed by atoms with Gasteiger partial charge in [-0.15, -0.1) is 11.3 Å². The minimum atomic E-state index is -3.29. The van der Waals surface area contributed by atoms with Crippen molar-refractivity contribution in [2.45, 2.75) is 74.5 Å². The Kier molecular flexibility index (Phi) is 6.14. The van der Waals surface area contributed by atoms with Gasteiger partial charge in [0, 0.05) is 11.6 Å². The summed E-state index contributed by atoms with van der Waals surface area (Å²) in [6, 6.07) is 7.25. The van der Waals surface area contributed by atoms with Crippen LogP contribution in [0.5, 0.6) is 0 Å². The highest BCUT2D eigenvalue weighted by Gasteiger charge is 2.63. The molecule has 1 aromatic heterocycles. The summed E-state index contributed by atoms with van der Waals surface area (Å²) >= 11 is 1.43. The number of sulfone groups is 1. The predicted octanol–water partition coefficient (Wildman–Crippen LogP) is 5.58. The van der Waals surface area contributed by atoms with E-state index in [1.54, 1.807) is 18.3 Å². The molecule has 2 aromatic rings. The van der Waals surface area contributed by atoms with Crippen LogP contribution in [-0.4, -0.2) is 25.1 Å². The van der Waals surface area contributed by atoms with Gasteiger partial charge in [0.05, 0.1) is 16.1 Å². The van der Waals surface area contributed by atoms with Crippen molar-refractivity contribution in [2.75, 3.05) is 11.1 Å². The zero-order valence-electron chi connectivity index (χ0n) is 18.5. The SMILES string of the molecule is O=C(Nc1nccs1)[C@]1(c2ccc(S(=O)(=O)CC3CCCC3)cc2)C[C@H]1C1CCCCC1. The maximum Gasteiger partial charge on any atom is 0.237 e. The topological polar surface area (TPSA) is 76.1 Å². The van der Waals surface area contributed by atoms with Crippen molar-refractivity contribution in [1.82, 2.24) is 4.98 Å². The van der Waals surface area contributed by atoms with Crippen LogP contribution in [0.4, 0.5) is 5.13 Å². The number of amides is 1. The van der Waals surface area contributed by atoms with E-state index in [1.807, 2.05) is 17.5 Å². The van der Waals surface area contributed by atoms with Gasteiger partial charge in [0.2, 0.25) is 5.91 Å². The molecule has 1 heterocycles. The molecule has 0 bridgehead atoms. The summed E-state index contributed by atoms with van der Waals surface area (Å²) in [7, 11) is -3.29. The van der Waals surface area contributed by atoms with Crippen molar-refractivity contribution in [3.8, 4) is 0 Å². The molecule has 5 nitrogen and oxygen atoms in total. The molecule has 0 radical (unpaired) electrons. The van der Waals surface area contributed by atoms with Crippen molar-refractivity contribution in [3.63, 3.8) is 0 Å². The largest absolute Gasteiger partial charge is 0.301 e. The lowest BCUT2D eigenvalue weighted by molar-refractivity contribution is -0.119. The van der Waals surface area contributed by atoms with Crippen molar-refractivity contribution in [1.29, 1.82) is 0 Å². The maximum atomic E-state index is 13.5. The lowest BCUT2D eigenvalue weighted by atomic mass is 9.80. The van der Waals surface area contributed by atoms with Gasteiger partial charge in [0.1, 0.15) is 0 Å². The van der Waals surface area contributed by atoms with Gasteiger partial charge in [-0.2, -0.15) is 0 Å². The van der Waals surface area contributed by atoms with Crippen LogP contribution in [0, 0.1) is 17.8 Å². The molecule has 0 unspecified atom stereocenters. The van der Waals surface area contributed by atoms with E-state index in [0.29, 0.717) is 21.9 Å². The predicted molar refractivity (Wildman–Crippen MR) is 128 cm³/mol. The van der Waals surface area contributed by atoms with E-state index in [2.05, 4.69) is 10.3 Å². The van der Waals surface area contributed by atoms with Gasteiger partial charge >= 0.3 is 0 Å². The quantitative estimate of drug-likeness (QED) is 0.570. The molecule has 3 aliphatic rings.